The molecule has 76 valence electrons. The molecule has 3 heteroatoms. The summed E-state index contributed by atoms with van der Waals surface area (Å²) in [4.78, 5) is 0. The van der Waals surface area contributed by atoms with Crippen molar-refractivity contribution < 1.29 is 4.39 Å². The molecule has 0 aliphatic rings. The molecule has 0 spiro atoms. The van der Waals surface area contributed by atoms with E-state index in [1.165, 1.54) is 12.1 Å². The van der Waals surface area contributed by atoms with Gasteiger partial charge in [0.25, 0.3) is 0 Å². The van der Waals surface area contributed by atoms with Crippen molar-refractivity contribution in [2.75, 3.05) is 5.33 Å². The molecule has 0 aliphatic carbocycles. The Balaban J connectivity index is 2.85. The predicted molar refractivity (Wildman–Crippen MR) is 61.7 cm³/mol. The summed E-state index contributed by atoms with van der Waals surface area (Å²) in [6.07, 6.45) is 4.98. The molecule has 0 atom stereocenters. The largest absolute Gasteiger partial charge is 0.326 e. The van der Waals surface area contributed by atoms with Crippen LogP contribution >= 0.6 is 15.9 Å². The maximum absolute atomic E-state index is 12.8. The highest BCUT2D eigenvalue weighted by Gasteiger charge is 1.98. The van der Waals surface area contributed by atoms with Crippen molar-refractivity contribution in [3.63, 3.8) is 0 Å². The van der Waals surface area contributed by atoms with Crippen LogP contribution in [-0.2, 0) is 6.54 Å². The molecule has 0 bridgehead atoms. The van der Waals surface area contributed by atoms with Crippen molar-refractivity contribution in [3.8, 4) is 0 Å². The molecule has 0 heterocycles. The third kappa shape index (κ3) is 3.24. The minimum Gasteiger partial charge on any atom is -0.326 e. The van der Waals surface area contributed by atoms with Crippen molar-refractivity contribution in [3.05, 3.63) is 41.2 Å². The Morgan fingerprint density at radius 3 is 2.86 bits per heavy atom. The van der Waals surface area contributed by atoms with Crippen molar-refractivity contribution >= 4 is 22.0 Å². The number of benzene rings is 1. The Kier molecular flexibility index (Phi) is 4.84. The van der Waals surface area contributed by atoms with Gasteiger partial charge in [0.05, 0.1) is 0 Å². The Morgan fingerprint density at radius 1 is 1.43 bits per heavy atom. The number of allylic oxidation sites excluding steroid dienone is 1. The highest BCUT2D eigenvalue weighted by molar-refractivity contribution is 9.09. The zero-order valence-corrected chi connectivity index (χ0v) is 9.43. The van der Waals surface area contributed by atoms with E-state index in [-0.39, 0.29) is 5.82 Å². The molecule has 0 aromatic heterocycles. The zero-order valence-electron chi connectivity index (χ0n) is 7.84. The van der Waals surface area contributed by atoms with Gasteiger partial charge in [0.15, 0.2) is 0 Å². The standard InChI is InChI=1S/C11H13BrFN/c12-6-2-1-3-9-4-5-11(13)7-10(9)8-14/h1,3-5,7H,2,6,8,14H2. The third-order valence-corrected chi connectivity index (χ3v) is 2.36. The first-order valence-corrected chi connectivity index (χ1v) is 5.61. The Bertz CT molecular complexity index is 323. The summed E-state index contributed by atoms with van der Waals surface area (Å²) in [5.41, 5.74) is 7.35. The minimum atomic E-state index is -0.233. The molecule has 0 amide bonds. The smallest absolute Gasteiger partial charge is 0.123 e. The first kappa shape index (κ1) is 11.4. The van der Waals surface area contributed by atoms with E-state index >= 15 is 0 Å². The fourth-order valence-electron chi connectivity index (χ4n) is 1.19. The van der Waals surface area contributed by atoms with E-state index in [9.17, 15) is 4.39 Å². The number of alkyl halides is 1. The topological polar surface area (TPSA) is 26.0 Å². The lowest BCUT2D eigenvalue weighted by Crippen LogP contribution is -1.99. The fourth-order valence-corrected chi connectivity index (χ4v) is 1.45. The molecule has 2 N–H and O–H groups in total. The number of hydrogen-bond acceptors (Lipinski definition) is 1. The van der Waals surface area contributed by atoms with Crippen LogP contribution in [0.15, 0.2) is 24.3 Å². The third-order valence-electron chi connectivity index (χ3n) is 1.90. The van der Waals surface area contributed by atoms with E-state index in [0.717, 1.165) is 22.9 Å². The quantitative estimate of drug-likeness (QED) is 0.825. The van der Waals surface area contributed by atoms with Crippen molar-refractivity contribution in [2.45, 2.75) is 13.0 Å². The summed E-state index contributed by atoms with van der Waals surface area (Å²) in [7, 11) is 0. The summed E-state index contributed by atoms with van der Waals surface area (Å²) in [6, 6.07) is 4.68. The monoisotopic (exact) mass is 257 g/mol. The lowest BCUT2D eigenvalue weighted by molar-refractivity contribution is 0.625. The molecular weight excluding hydrogens is 245 g/mol. The molecule has 0 unspecified atom stereocenters. The molecule has 0 radical (unpaired) electrons. The summed E-state index contributed by atoms with van der Waals surface area (Å²) in [6.45, 7) is 0.367. The molecule has 0 aliphatic heterocycles. The molecular formula is C11H13BrFN. The van der Waals surface area contributed by atoms with Gasteiger partial charge in [-0.05, 0) is 29.7 Å². The van der Waals surface area contributed by atoms with Gasteiger partial charge in [0.1, 0.15) is 5.82 Å². The lowest BCUT2D eigenvalue weighted by Gasteiger charge is -2.02. The van der Waals surface area contributed by atoms with Crippen LogP contribution in [0, 0.1) is 5.82 Å². The van der Waals surface area contributed by atoms with Gasteiger partial charge in [0.2, 0.25) is 0 Å². The Hall–Kier alpha value is -0.670. The maximum Gasteiger partial charge on any atom is 0.123 e. The molecule has 1 aromatic rings. The number of hydrogen-bond donors (Lipinski definition) is 1. The van der Waals surface area contributed by atoms with Gasteiger partial charge in [-0.2, -0.15) is 0 Å². The molecule has 14 heavy (non-hydrogen) atoms. The summed E-state index contributed by atoms with van der Waals surface area (Å²) < 4.78 is 12.8. The highest BCUT2D eigenvalue weighted by atomic mass is 79.9. The Morgan fingerprint density at radius 2 is 2.21 bits per heavy atom. The van der Waals surface area contributed by atoms with E-state index in [1.807, 2.05) is 12.2 Å². The molecule has 1 nitrogen and oxygen atoms in total. The number of nitrogens with two attached hydrogens (primary N) is 1. The number of rotatable bonds is 4. The zero-order chi connectivity index (χ0) is 10.4. The number of halogens is 2. The average Bonchev–Trinajstić information content (AvgIpc) is 2.20. The van der Waals surface area contributed by atoms with Crippen LogP contribution in [0.5, 0.6) is 0 Å². The SMILES string of the molecule is NCc1cc(F)ccc1C=CCCBr. The molecule has 0 saturated heterocycles. The van der Waals surface area contributed by atoms with E-state index in [0.29, 0.717) is 6.54 Å². The van der Waals surface area contributed by atoms with Crippen LogP contribution in [-0.4, -0.2) is 5.33 Å². The van der Waals surface area contributed by atoms with Gasteiger partial charge in [-0.15, -0.1) is 0 Å². The normalized spacial score (nSPS) is 11.1. The van der Waals surface area contributed by atoms with Crippen LogP contribution < -0.4 is 5.73 Å². The molecule has 1 rings (SSSR count). The minimum absolute atomic E-state index is 0.233. The fraction of sp³-hybridized carbons (Fsp3) is 0.273. The van der Waals surface area contributed by atoms with Gasteiger partial charge >= 0.3 is 0 Å². The van der Waals surface area contributed by atoms with E-state index in [1.54, 1.807) is 6.07 Å². The van der Waals surface area contributed by atoms with Crippen molar-refractivity contribution in [1.29, 1.82) is 0 Å². The second kappa shape index (κ2) is 5.94. The Labute approximate surface area is 91.9 Å². The second-order valence-corrected chi connectivity index (χ2v) is 3.72. The van der Waals surface area contributed by atoms with Gasteiger partial charge < -0.3 is 5.73 Å². The molecule has 1 aromatic carbocycles. The van der Waals surface area contributed by atoms with Crippen LogP contribution in [0.3, 0.4) is 0 Å². The van der Waals surface area contributed by atoms with Crippen LogP contribution in [0.25, 0.3) is 6.08 Å². The van der Waals surface area contributed by atoms with Crippen molar-refractivity contribution in [1.82, 2.24) is 0 Å². The van der Waals surface area contributed by atoms with Crippen LogP contribution in [0.4, 0.5) is 4.39 Å². The van der Waals surface area contributed by atoms with Gasteiger partial charge in [-0.25, -0.2) is 4.39 Å². The first-order chi connectivity index (χ1) is 6.77. The van der Waals surface area contributed by atoms with Crippen LogP contribution in [0.2, 0.25) is 0 Å². The average molecular weight is 258 g/mol. The van der Waals surface area contributed by atoms with E-state index in [4.69, 9.17) is 5.73 Å². The van der Waals surface area contributed by atoms with Gasteiger partial charge in [-0.1, -0.05) is 34.1 Å². The summed E-state index contributed by atoms with van der Waals surface area (Å²) in [5, 5.41) is 0.933. The highest BCUT2D eigenvalue weighted by Crippen LogP contribution is 2.13. The second-order valence-electron chi connectivity index (χ2n) is 2.93. The first-order valence-electron chi connectivity index (χ1n) is 4.49. The van der Waals surface area contributed by atoms with Crippen molar-refractivity contribution in [2.24, 2.45) is 5.73 Å². The van der Waals surface area contributed by atoms with E-state index < -0.39 is 0 Å². The van der Waals surface area contributed by atoms with E-state index in [2.05, 4.69) is 15.9 Å². The summed E-state index contributed by atoms with van der Waals surface area (Å²) >= 11 is 3.33. The lowest BCUT2D eigenvalue weighted by atomic mass is 10.1. The van der Waals surface area contributed by atoms with Gasteiger partial charge in [0, 0.05) is 11.9 Å². The predicted octanol–water partition coefficient (Wildman–Crippen LogP) is 3.08. The van der Waals surface area contributed by atoms with Gasteiger partial charge in [-0.3, -0.25) is 0 Å². The maximum atomic E-state index is 12.8. The molecule has 0 saturated carbocycles. The summed E-state index contributed by atoms with van der Waals surface area (Å²) in [5.74, 6) is -0.233. The van der Waals surface area contributed by atoms with Crippen LogP contribution in [0.1, 0.15) is 17.5 Å². The molecule has 0 fully saturated rings.